The zero-order chi connectivity index (χ0) is 12.3. The van der Waals surface area contributed by atoms with E-state index < -0.39 is 6.10 Å². The lowest BCUT2D eigenvalue weighted by atomic mass is 10.2. The summed E-state index contributed by atoms with van der Waals surface area (Å²) in [5, 5.41) is 0. The Hall–Kier alpha value is -1.33. The molecule has 0 aliphatic rings. The molecule has 1 heterocycles. The Bertz CT molecular complexity index is 467. The molecule has 1 atom stereocenters. The average molecular weight is 300 g/mol. The molecule has 5 heteroatoms. The average Bonchev–Trinajstić information content (AvgIpc) is 2.77. The number of ether oxygens (including phenoxy) is 1. The predicted molar refractivity (Wildman–Crippen MR) is 65.2 cm³/mol. The van der Waals surface area contributed by atoms with E-state index in [-0.39, 0.29) is 12.4 Å². The Balaban J connectivity index is 2.18. The molecule has 0 aliphatic carbocycles. The second-order valence-corrected chi connectivity index (χ2v) is 4.38. The van der Waals surface area contributed by atoms with Gasteiger partial charge in [-0.25, -0.2) is 4.39 Å². The number of benzene rings is 1. The summed E-state index contributed by atoms with van der Waals surface area (Å²) in [5.41, 5.74) is 5.60. The third kappa shape index (κ3) is 3.08. The van der Waals surface area contributed by atoms with E-state index in [1.165, 1.54) is 12.1 Å². The molecule has 2 N–H and O–H groups in total. The molecule has 0 saturated heterocycles. The van der Waals surface area contributed by atoms with Gasteiger partial charge in [0.25, 0.3) is 0 Å². The largest absolute Gasteiger partial charge is 0.481 e. The van der Waals surface area contributed by atoms with Crippen LogP contribution in [0, 0.1) is 5.82 Å². The smallest absolute Gasteiger partial charge is 0.168 e. The highest BCUT2D eigenvalue weighted by Crippen LogP contribution is 2.25. The molecule has 0 spiro atoms. The first-order valence-corrected chi connectivity index (χ1v) is 5.84. The Morgan fingerprint density at radius 1 is 1.41 bits per heavy atom. The van der Waals surface area contributed by atoms with Crippen LogP contribution >= 0.6 is 15.9 Å². The van der Waals surface area contributed by atoms with Gasteiger partial charge >= 0.3 is 0 Å². The van der Waals surface area contributed by atoms with E-state index >= 15 is 0 Å². The molecule has 1 aromatic heterocycles. The fourth-order valence-corrected chi connectivity index (χ4v) is 1.90. The van der Waals surface area contributed by atoms with Crippen molar-refractivity contribution in [1.29, 1.82) is 0 Å². The van der Waals surface area contributed by atoms with Gasteiger partial charge in [-0.3, -0.25) is 0 Å². The van der Waals surface area contributed by atoms with Crippen LogP contribution in [0.3, 0.4) is 0 Å². The number of hydrogen-bond donors (Lipinski definition) is 1. The van der Waals surface area contributed by atoms with Crippen LogP contribution in [0.2, 0.25) is 0 Å². The molecule has 1 unspecified atom stereocenters. The molecule has 90 valence electrons. The first kappa shape index (κ1) is 12.1. The lowest BCUT2D eigenvalue weighted by Gasteiger charge is -2.15. The minimum atomic E-state index is -0.418. The lowest BCUT2D eigenvalue weighted by Crippen LogP contribution is -2.17. The molecule has 1 aromatic carbocycles. The zero-order valence-corrected chi connectivity index (χ0v) is 10.5. The summed E-state index contributed by atoms with van der Waals surface area (Å²) in [7, 11) is 0. The Morgan fingerprint density at radius 3 is 2.82 bits per heavy atom. The van der Waals surface area contributed by atoms with E-state index in [2.05, 4.69) is 15.9 Å². The first-order chi connectivity index (χ1) is 8.19. The van der Waals surface area contributed by atoms with Crippen molar-refractivity contribution in [3.63, 3.8) is 0 Å². The van der Waals surface area contributed by atoms with Crippen molar-refractivity contribution < 1.29 is 13.5 Å². The van der Waals surface area contributed by atoms with Gasteiger partial charge in [-0.1, -0.05) is 15.9 Å². The van der Waals surface area contributed by atoms with E-state index in [0.717, 1.165) is 0 Å². The zero-order valence-electron chi connectivity index (χ0n) is 8.90. The maximum atomic E-state index is 13.2. The van der Waals surface area contributed by atoms with E-state index in [1.54, 1.807) is 24.5 Å². The van der Waals surface area contributed by atoms with Crippen LogP contribution in [0.1, 0.15) is 11.9 Å². The first-order valence-electron chi connectivity index (χ1n) is 5.05. The number of halogens is 2. The monoisotopic (exact) mass is 299 g/mol. The molecular formula is C12H11BrFNO2. The molecule has 2 aromatic rings. The lowest BCUT2D eigenvalue weighted by molar-refractivity contribution is 0.183. The summed E-state index contributed by atoms with van der Waals surface area (Å²) in [6, 6.07) is 7.86. The van der Waals surface area contributed by atoms with Crippen molar-refractivity contribution in [2.24, 2.45) is 5.73 Å². The minimum absolute atomic E-state index is 0.252. The van der Waals surface area contributed by atoms with Gasteiger partial charge in [-0.15, -0.1) is 0 Å². The van der Waals surface area contributed by atoms with Crippen LogP contribution in [0.4, 0.5) is 4.39 Å². The van der Waals surface area contributed by atoms with Crippen molar-refractivity contribution in [1.82, 2.24) is 0 Å². The second kappa shape index (κ2) is 5.33. The number of furan rings is 1. The summed E-state index contributed by atoms with van der Waals surface area (Å²) in [4.78, 5) is 0. The summed E-state index contributed by atoms with van der Waals surface area (Å²) in [6.07, 6.45) is 1.13. The SMILES string of the molecule is NCC(Oc1cc(F)cc(Br)c1)c1ccco1. The van der Waals surface area contributed by atoms with Crippen LogP contribution in [0.5, 0.6) is 5.75 Å². The number of hydrogen-bond acceptors (Lipinski definition) is 3. The maximum Gasteiger partial charge on any atom is 0.168 e. The van der Waals surface area contributed by atoms with Crippen LogP contribution < -0.4 is 10.5 Å². The second-order valence-electron chi connectivity index (χ2n) is 3.46. The molecule has 0 bridgehead atoms. The van der Waals surface area contributed by atoms with E-state index in [9.17, 15) is 4.39 Å². The van der Waals surface area contributed by atoms with Crippen molar-refractivity contribution in [2.75, 3.05) is 6.54 Å². The molecule has 17 heavy (non-hydrogen) atoms. The highest BCUT2D eigenvalue weighted by Gasteiger charge is 2.14. The Labute approximate surface area is 106 Å². The molecule has 0 radical (unpaired) electrons. The van der Waals surface area contributed by atoms with Gasteiger partial charge in [0.15, 0.2) is 6.10 Å². The van der Waals surface area contributed by atoms with Gasteiger partial charge in [0, 0.05) is 17.1 Å². The van der Waals surface area contributed by atoms with Crippen LogP contribution in [0.15, 0.2) is 45.5 Å². The fraction of sp³-hybridized carbons (Fsp3) is 0.167. The normalized spacial score (nSPS) is 12.4. The van der Waals surface area contributed by atoms with Crippen LogP contribution in [-0.4, -0.2) is 6.54 Å². The number of nitrogens with two attached hydrogens (primary N) is 1. The highest BCUT2D eigenvalue weighted by molar-refractivity contribution is 9.10. The predicted octanol–water partition coefficient (Wildman–Crippen LogP) is 3.26. The highest BCUT2D eigenvalue weighted by atomic mass is 79.9. The van der Waals surface area contributed by atoms with Crippen molar-refractivity contribution >= 4 is 15.9 Å². The quantitative estimate of drug-likeness (QED) is 0.943. The van der Waals surface area contributed by atoms with Crippen LogP contribution in [-0.2, 0) is 0 Å². The minimum Gasteiger partial charge on any atom is -0.481 e. The molecule has 0 aliphatic heterocycles. The number of rotatable bonds is 4. The van der Waals surface area contributed by atoms with E-state index in [4.69, 9.17) is 14.9 Å². The molecule has 2 rings (SSSR count). The molecule has 0 fully saturated rings. The third-order valence-electron chi connectivity index (χ3n) is 2.19. The van der Waals surface area contributed by atoms with Gasteiger partial charge in [0.2, 0.25) is 0 Å². The van der Waals surface area contributed by atoms with Gasteiger partial charge in [0.1, 0.15) is 17.3 Å². The maximum absolute atomic E-state index is 13.2. The Kier molecular flexibility index (Phi) is 3.81. The molecule has 0 amide bonds. The van der Waals surface area contributed by atoms with E-state index in [0.29, 0.717) is 16.0 Å². The van der Waals surface area contributed by atoms with Gasteiger partial charge < -0.3 is 14.9 Å². The summed E-state index contributed by atoms with van der Waals surface area (Å²) in [5.74, 6) is 0.654. The fourth-order valence-electron chi connectivity index (χ4n) is 1.46. The summed E-state index contributed by atoms with van der Waals surface area (Å²) in [6.45, 7) is 0.252. The van der Waals surface area contributed by atoms with Crippen LogP contribution in [0.25, 0.3) is 0 Å². The summed E-state index contributed by atoms with van der Waals surface area (Å²) >= 11 is 3.20. The molecule has 3 nitrogen and oxygen atoms in total. The van der Waals surface area contributed by atoms with Gasteiger partial charge in [0.05, 0.1) is 6.26 Å². The van der Waals surface area contributed by atoms with Gasteiger partial charge in [-0.2, -0.15) is 0 Å². The van der Waals surface area contributed by atoms with E-state index in [1.807, 2.05) is 0 Å². The Morgan fingerprint density at radius 2 is 2.24 bits per heavy atom. The van der Waals surface area contributed by atoms with Crippen molar-refractivity contribution in [3.8, 4) is 5.75 Å². The van der Waals surface area contributed by atoms with Crippen molar-refractivity contribution in [3.05, 3.63) is 52.6 Å². The molecule has 0 saturated carbocycles. The third-order valence-corrected chi connectivity index (χ3v) is 2.65. The van der Waals surface area contributed by atoms with Crippen molar-refractivity contribution in [2.45, 2.75) is 6.10 Å². The topological polar surface area (TPSA) is 48.4 Å². The summed E-state index contributed by atoms with van der Waals surface area (Å²) < 4.78 is 24.6. The standard InChI is InChI=1S/C12H11BrFNO2/c13-8-4-9(14)6-10(5-8)17-12(7-15)11-2-1-3-16-11/h1-6,12H,7,15H2. The van der Waals surface area contributed by atoms with Gasteiger partial charge in [-0.05, 0) is 24.3 Å². The molecular weight excluding hydrogens is 289 g/mol.